The molecule has 1 amide bonds. The number of rotatable bonds is 5. The van der Waals surface area contributed by atoms with Crippen molar-refractivity contribution < 1.29 is 9.53 Å². The molecule has 2 aromatic rings. The zero-order valence-electron chi connectivity index (χ0n) is 11.8. The number of hydrogen-bond acceptors (Lipinski definition) is 2. The highest BCUT2D eigenvalue weighted by atomic mass is 16.5. The van der Waals surface area contributed by atoms with Gasteiger partial charge in [0.15, 0.2) is 0 Å². The monoisotopic (exact) mass is 269 g/mol. The van der Waals surface area contributed by atoms with Gasteiger partial charge in [-0.2, -0.15) is 0 Å². The second kappa shape index (κ2) is 6.75. The second-order valence-electron chi connectivity index (χ2n) is 4.68. The quantitative estimate of drug-likeness (QED) is 0.886. The molecule has 0 fully saturated rings. The van der Waals surface area contributed by atoms with Crippen molar-refractivity contribution in [3.8, 4) is 5.75 Å². The minimum Gasteiger partial charge on any atom is -0.491 e. The van der Waals surface area contributed by atoms with E-state index in [1.807, 2.05) is 49.4 Å². The molecule has 0 saturated heterocycles. The van der Waals surface area contributed by atoms with Crippen LogP contribution in [0, 0.1) is 0 Å². The summed E-state index contributed by atoms with van der Waals surface area (Å²) in [6.07, 6.45) is 1.07. The fourth-order valence-electron chi connectivity index (χ4n) is 1.75. The van der Waals surface area contributed by atoms with Crippen LogP contribution in [0.3, 0.4) is 0 Å². The van der Waals surface area contributed by atoms with Crippen molar-refractivity contribution in [3.63, 3.8) is 0 Å². The lowest BCUT2D eigenvalue weighted by atomic mass is 10.2. The summed E-state index contributed by atoms with van der Waals surface area (Å²) in [5.74, 6) is 0.589. The molecule has 3 heteroatoms. The van der Waals surface area contributed by atoms with Crippen LogP contribution in [-0.4, -0.2) is 12.0 Å². The van der Waals surface area contributed by atoms with Gasteiger partial charge in [-0.1, -0.05) is 31.2 Å². The molecule has 3 nitrogen and oxygen atoms in total. The molecule has 104 valence electrons. The largest absolute Gasteiger partial charge is 0.491 e. The Labute approximate surface area is 119 Å². The summed E-state index contributed by atoms with van der Waals surface area (Å²) in [5.41, 5.74) is 1.38. The Kier molecular flexibility index (Phi) is 4.77. The van der Waals surface area contributed by atoms with Gasteiger partial charge in [0.05, 0.1) is 6.10 Å². The van der Waals surface area contributed by atoms with Crippen molar-refractivity contribution in [1.82, 2.24) is 0 Å². The Bertz CT molecular complexity index is 566. The maximum absolute atomic E-state index is 12.2. The number of amides is 1. The van der Waals surface area contributed by atoms with Crippen LogP contribution in [0.4, 0.5) is 5.69 Å². The zero-order chi connectivity index (χ0) is 14.4. The Morgan fingerprint density at radius 2 is 1.90 bits per heavy atom. The average molecular weight is 269 g/mol. The molecule has 0 spiro atoms. The van der Waals surface area contributed by atoms with Gasteiger partial charge in [-0.25, -0.2) is 0 Å². The van der Waals surface area contributed by atoms with E-state index in [2.05, 4.69) is 12.2 Å². The number of para-hydroxylation sites is 1. The molecule has 0 radical (unpaired) electrons. The fraction of sp³-hybridized carbons (Fsp3) is 0.235. The van der Waals surface area contributed by atoms with Crippen molar-refractivity contribution >= 4 is 11.6 Å². The van der Waals surface area contributed by atoms with E-state index in [4.69, 9.17) is 4.74 Å². The third kappa shape index (κ3) is 3.85. The Hall–Kier alpha value is -2.29. The summed E-state index contributed by atoms with van der Waals surface area (Å²) in [7, 11) is 0. The third-order valence-electron chi connectivity index (χ3n) is 3.04. The highest BCUT2D eigenvalue weighted by molar-refractivity contribution is 6.04. The van der Waals surface area contributed by atoms with Crippen LogP contribution in [-0.2, 0) is 0 Å². The number of carbonyl (C=O) groups is 1. The topological polar surface area (TPSA) is 38.3 Å². The van der Waals surface area contributed by atoms with Crippen molar-refractivity contribution in [2.75, 3.05) is 5.32 Å². The lowest BCUT2D eigenvalue weighted by molar-refractivity contribution is 0.102. The first kappa shape index (κ1) is 14.1. The van der Waals surface area contributed by atoms with Gasteiger partial charge in [-0.05, 0) is 43.7 Å². The molecular formula is C17H19NO2. The van der Waals surface area contributed by atoms with Gasteiger partial charge in [0, 0.05) is 11.3 Å². The van der Waals surface area contributed by atoms with Gasteiger partial charge in [-0.15, -0.1) is 0 Å². The molecule has 1 N–H and O–H groups in total. The van der Waals surface area contributed by atoms with Crippen LogP contribution in [0.5, 0.6) is 5.75 Å². The minimum absolute atomic E-state index is 0.134. The Balaban J connectivity index is 2.08. The molecule has 0 aliphatic heterocycles. The van der Waals surface area contributed by atoms with Crippen LogP contribution in [0.1, 0.15) is 30.6 Å². The van der Waals surface area contributed by atoms with Gasteiger partial charge in [0.25, 0.3) is 5.91 Å². The molecule has 0 saturated carbocycles. The maximum atomic E-state index is 12.2. The number of ether oxygens (including phenoxy) is 1. The van der Waals surface area contributed by atoms with Crippen molar-refractivity contribution in [3.05, 3.63) is 60.2 Å². The standard InChI is InChI=1S/C17H19NO2/c1-3-13(2)20-16-11-7-8-14(12-16)17(19)18-15-9-5-4-6-10-15/h4-13H,3H2,1-2H3,(H,18,19). The predicted octanol–water partition coefficient (Wildman–Crippen LogP) is 4.12. The summed E-state index contributed by atoms with van der Waals surface area (Å²) < 4.78 is 5.72. The van der Waals surface area contributed by atoms with E-state index in [0.717, 1.165) is 17.9 Å². The molecule has 0 aliphatic carbocycles. The van der Waals surface area contributed by atoms with E-state index < -0.39 is 0 Å². The molecule has 1 unspecified atom stereocenters. The van der Waals surface area contributed by atoms with Crippen LogP contribution in [0.2, 0.25) is 0 Å². The van der Waals surface area contributed by atoms with Crippen LogP contribution < -0.4 is 10.1 Å². The lowest BCUT2D eigenvalue weighted by Crippen LogP contribution is -2.13. The molecule has 1 atom stereocenters. The van der Waals surface area contributed by atoms with Gasteiger partial charge in [0.2, 0.25) is 0 Å². The van der Waals surface area contributed by atoms with Gasteiger partial charge < -0.3 is 10.1 Å². The van der Waals surface area contributed by atoms with E-state index in [1.165, 1.54) is 0 Å². The maximum Gasteiger partial charge on any atom is 0.255 e. The molecule has 0 aliphatic rings. The zero-order valence-corrected chi connectivity index (χ0v) is 11.8. The molecule has 2 rings (SSSR count). The van der Waals surface area contributed by atoms with E-state index in [-0.39, 0.29) is 12.0 Å². The number of benzene rings is 2. The molecule has 0 bridgehead atoms. The number of hydrogen-bond donors (Lipinski definition) is 1. The van der Waals surface area contributed by atoms with Crippen LogP contribution in [0.25, 0.3) is 0 Å². The number of nitrogens with one attached hydrogen (secondary N) is 1. The molecule has 0 aromatic heterocycles. The molecule has 0 heterocycles. The van der Waals surface area contributed by atoms with Crippen LogP contribution in [0.15, 0.2) is 54.6 Å². The molecule has 2 aromatic carbocycles. The third-order valence-corrected chi connectivity index (χ3v) is 3.04. The van der Waals surface area contributed by atoms with Crippen molar-refractivity contribution in [1.29, 1.82) is 0 Å². The fourth-order valence-corrected chi connectivity index (χ4v) is 1.75. The molecule has 20 heavy (non-hydrogen) atoms. The van der Waals surface area contributed by atoms with E-state index in [9.17, 15) is 4.79 Å². The molecular weight excluding hydrogens is 250 g/mol. The first-order valence-corrected chi connectivity index (χ1v) is 6.82. The number of anilines is 1. The Morgan fingerprint density at radius 3 is 2.60 bits per heavy atom. The average Bonchev–Trinajstić information content (AvgIpc) is 2.48. The van der Waals surface area contributed by atoms with Crippen LogP contribution >= 0.6 is 0 Å². The summed E-state index contributed by atoms with van der Waals surface area (Å²) in [6.45, 7) is 4.08. The minimum atomic E-state index is -0.134. The van der Waals surface area contributed by atoms with Gasteiger partial charge in [-0.3, -0.25) is 4.79 Å². The summed E-state index contributed by atoms with van der Waals surface area (Å²) in [6, 6.07) is 16.6. The second-order valence-corrected chi connectivity index (χ2v) is 4.68. The van der Waals surface area contributed by atoms with Gasteiger partial charge >= 0.3 is 0 Å². The summed E-state index contributed by atoms with van der Waals surface area (Å²) in [5, 5.41) is 2.86. The predicted molar refractivity (Wildman–Crippen MR) is 81.2 cm³/mol. The Morgan fingerprint density at radius 1 is 1.15 bits per heavy atom. The summed E-state index contributed by atoms with van der Waals surface area (Å²) >= 11 is 0. The van der Waals surface area contributed by atoms with Gasteiger partial charge in [0.1, 0.15) is 5.75 Å². The van der Waals surface area contributed by atoms with Crippen molar-refractivity contribution in [2.45, 2.75) is 26.4 Å². The number of carbonyl (C=O) groups excluding carboxylic acids is 1. The van der Waals surface area contributed by atoms with E-state index >= 15 is 0 Å². The lowest BCUT2D eigenvalue weighted by Gasteiger charge is -2.13. The first-order chi connectivity index (χ1) is 9.69. The smallest absolute Gasteiger partial charge is 0.255 e. The van der Waals surface area contributed by atoms with Crippen molar-refractivity contribution in [2.24, 2.45) is 0 Å². The first-order valence-electron chi connectivity index (χ1n) is 6.82. The summed E-state index contributed by atoms with van der Waals surface area (Å²) in [4.78, 5) is 12.2. The van der Waals surface area contributed by atoms with E-state index in [0.29, 0.717) is 5.56 Å². The highest BCUT2D eigenvalue weighted by Gasteiger charge is 2.08. The highest BCUT2D eigenvalue weighted by Crippen LogP contribution is 2.17. The van der Waals surface area contributed by atoms with E-state index in [1.54, 1.807) is 12.1 Å². The normalized spacial score (nSPS) is 11.7. The SMILES string of the molecule is CCC(C)Oc1cccc(C(=O)Nc2ccccc2)c1.